The molecule has 3 heteroatoms. The Bertz CT molecular complexity index is 295. The molecule has 1 aliphatic carbocycles. The van der Waals surface area contributed by atoms with Gasteiger partial charge in [0.1, 0.15) is 0 Å². The number of nitrogens with one attached hydrogen (secondary N) is 1. The average molecular weight is 181 g/mol. The number of fused-ring (bicyclic) bond motifs is 1. The van der Waals surface area contributed by atoms with Gasteiger partial charge in [0.2, 0.25) is 5.91 Å². The highest BCUT2D eigenvalue weighted by Crippen LogP contribution is 2.33. The molecule has 64 valence electrons. The third-order valence-electron chi connectivity index (χ3n) is 2.05. The summed E-state index contributed by atoms with van der Waals surface area (Å²) in [5, 5.41) is 3.82. The van der Waals surface area contributed by atoms with Crippen LogP contribution in [-0.4, -0.2) is 5.91 Å². The Labute approximate surface area is 75.6 Å². The number of anilines is 1. The second kappa shape index (κ2) is 2.90. The summed E-state index contributed by atoms with van der Waals surface area (Å²) in [7, 11) is 0. The van der Waals surface area contributed by atoms with Crippen molar-refractivity contribution < 1.29 is 4.79 Å². The Kier molecular flexibility index (Phi) is 1.89. The molecule has 1 aromatic heterocycles. The van der Waals surface area contributed by atoms with Crippen molar-refractivity contribution in [2.75, 3.05) is 5.32 Å². The molecule has 0 aromatic carbocycles. The van der Waals surface area contributed by atoms with E-state index in [2.05, 4.69) is 11.4 Å². The van der Waals surface area contributed by atoms with Crippen LogP contribution in [0.2, 0.25) is 0 Å². The van der Waals surface area contributed by atoms with E-state index in [1.807, 2.05) is 0 Å². The number of hydrogen-bond acceptors (Lipinski definition) is 2. The molecule has 1 N–H and O–H groups in total. The van der Waals surface area contributed by atoms with E-state index < -0.39 is 0 Å². The Morgan fingerprint density at radius 3 is 3.08 bits per heavy atom. The predicted octanol–water partition coefficient (Wildman–Crippen LogP) is 2.20. The molecular formula is C9H11NOS. The van der Waals surface area contributed by atoms with Crippen LogP contribution < -0.4 is 5.32 Å². The van der Waals surface area contributed by atoms with Crippen molar-refractivity contribution in [2.24, 2.45) is 0 Å². The van der Waals surface area contributed by atoms with Crippen LogP contribution >= 0.6 is 11.3 Å². The van der Waals surface area contributed by atoms with Gasteiger partial charge in [0.15, 0.2) is 0 Å². The molecule has 2 nitrogen and oxygen atoms in total. The summed E-state index contributed by atoms with van der Waals surface area (Å²) in [6, 6.07) is 2.11. The van der Waals surface area contributed by atoms with Crippen molar-refractivity contribution in [3.63, 3.8) is 0 Å². The van der Waals surface area contributed by atoms with Gasteiger partial charge in [-0.15, -0.1) is 11.3 Å². The van der Waals surface area contributed by atoms with Crippen LogP contribution in [0.1, 0.15) is 23.8 Å². The van der Waals surface area contributed by atoms with Crippen LogP contribution in [0.3, 0.4) is 0 Å². The summed E-state index contributed by atoms with van der Waals surface area (Å²) in [6.07, 6.45) is 3.66. The first-order valence-electron chi connectivity index (χ1n) is 4.15. The van der Waals surface area contributed by atoms with Crippen LogP contribution in [-0.2, 0) is 17.6 Å². The fourth-order valence-electron chi connectivity index (χ4n) is 1.56. The zero-order valence-electron chi connectivity index (χ0n) is 7.02. The van der Waals surface area contributed by atoms with Gasteiger partial charge >= 0.3 is 0 Å². The lowest BCUT2D eigenvalue weighted by atomic mass is 10.3. The number of carbonyl (C=O) groups excluding carboxylic acids is 1. The van der Waals surface area contributed by atoms with E-state index in [1.165, 1.54) is 29.7 Å². The second-order valence-corrected chi connectivity index (χ2v) is 4.23. The molecular weight excluding hydrogens is 170 g/mol. The fraction of sp³-hybridized carbons (Fsp3) is 0.444. The van der Waals surface area contributed by atoms with Gasteiger partial charge < -0.3 is 5.32 Å². The standard InChI is InChI=1S/C9H11NOS/c1-6(11)10-9-5-7-3-2-4-8(7)12-9/h5H,2-4H2,1H3,(H,10,11). The summed E-state index contributed by atoms with van der Waals surface area (Å²) < 4.78 is 0. The summed E-state index contributed by atoms with van der Waals surface area (Å²) >= 11 is 1.72. The first-order valence-corrected chi connectivity index (χ1v) is 4.96. The Morgan fingerprint density at radius 2 is 2.42 bits per heavy atom. The number of rotatable bonds is 1. The van der Waals surface area contributed by atoms with Gasteiger partial charge in [0.25, 0.3) is 0 Å². The molecule has 1 amide bonds. The first-order chi connectivity index (χ1) is 5.75. The van der Waals surface area contributed by atoms with Gasteiger partial charge in [-0.1, -0.05) is 0 Å². The highest BCUT2D eigenvalue weighted by Gasteiger charge is 2.14. The molecule has 1 heterocycles. The van der Waals surface area contributed by atoms with Crippen LogP contribution in [0, 0.1) is 0 Å². The molecule has 0 fully saturated rings. The van der Waals surface area contributed by atoms with Crippen molar-refractivity contribution >= 4 is 22.2 Å². The largest absolute Gasteiger partial charge is 0.318 e. The smallest absolute Gasteiger partial charge is 0.221 e. The van der Waals surface area contributed by atoms with E-state index in [1.54, 1.807) is 18.3 Å². The maximum Gasteiger partial charge on any atom is 0.221 e. The summed E-state index contributed by atoms with van der Waals surface area (Å²) in [4.78, 5) is 12.2. The van der Waals surface area contributed by atoms with Gasteiger partial charge in [-0.05, 0) is 30.9 Å². The van der Waals surface area contributed by atoms with Crippen LogP contribution in [0.25, 0.3) is 0 Å². The molecule has 0 atom stereocenters. The van der Waals surface area contributed by atoms with E-state index in [9.17, 15) is 4.79 Å². The number of amides is 1. The summed E-state index contributed by atoms with van der Waals surface area (Å²) in [5.74, 6) is 0.0231. The minimum absolute atomic E-state index is 0.0231. The highest BCUT2D eigenvalue weighted by molar-refractivity contribution is 7.16. The molecule has 12 heavy (non-hydrogen) atoms. The average Bonchev–Trinajstić information content (AvgIpc) is 2.43. The van der Waals surface area contributed by atoms with Crippen molar-refractivity contribution in [1.29, 1.82) is 0 Å². The van der Waals surface area contributed by atoms with Gasteiger partial charge in [0.05, 0.1) is 5.00 Å². The first kappa shape index (κ1) is 7.80. The maximum absolute atomic E-state index is 10.7. The van der Waals surface area contributed by atoms with Crippen molar-refractivity contribution in [3.8, 4) is 0 Å². The molecule has 0 aliphatic heterocycles. The van der Waals surface area contributed by atoms with E-state index in [0.717, 1.165) is 5.00 Å². The minimum Gasteiger partial charge on any atom is -0.318 e. The lowest BCUT2D eigenvalue weighted by Gasteiger charge is -1.94. The van der Waals surface area contributed by atoms with Gasteiger partial charge in [-0.25, -0.2) is 0 Å². The number of thiophene rings is 1. The third kappa shape index (κ3) is 1.37. The topological polar surface area (TPSA) is 29.1 Å². The van der Waals surface area contributed by atoms with Gasteiger partial charge in [-0.2, -0.15) is 0 Å². The van der Waals surface area contributed by atoms with Crippen LogP contribution in [0.4, 0.5) is 5.00 Å². The zero-order chi connectivity index (χ0) is 8.55. The SMILES string of the molecule is CC(=O)Nc1cc2c(s1)CCC2. The monoisotopic (exact) mass is 181 g/mol. The van der Waals surface area contributed by atoms with E-state index in [-0.39, 0.29) is 5.91 Å². The molecule has 0 radical (unpaired) electrons. The molecule has 0 bridgehead atoms. The summed E-state index contributed by atoms with van der Waals surface area (Å²) in [5.41, 5.74) is 1.43. The molecule has 0 saturated carbocycles. The van der Waals surface area contributed by atoms with Crippen LogP contribution in [0.15, 0.2) is 6.07 Å². The Balaban J connectivity index is 2.20. The molecule has 1 aliphatic rings. The normalized spacial score (nSPS) is 14.4. The predicted molar refractivity (Wildman–Crippen MR) is 50.6 cm³/mol. The fourth-order valence-corrected chi connectivity index (χ4v) is 2.76. The lowest BCUT2D eigenvalue weighted by molar-refractivity contribution is -0.114. The zero-order valence-corrected chi connectivity index (χ0v) is 7.83. The van der Waals surface area contributed by atoms with Crippen molar-refractivity contribution in [3.05, 3.63) is 16.5 Å². The van der Waals surface area contributed by atoms with E-state index >= 15 is 0 Å². The van der Waals surface area contributed by atoms with Crippen LogP contribution in [0.5, 0.6) is 0 Å². The van der Waals surface area contributed by atoms with Crippen molar-refractivity contribution in [1.82, 2.24) is 0 Å². The second-order valence-electron chi connectivity index (χ2n) is 3.09. The third-order valence-corrected chi connectivity index (χ3v) is 3.20. The molecule has 0 unspecified atom stereocenters. The lowest BCUT2D eigenvalue weighted by Crippen LogP contribution is -2.03. The quantitative estimate of drug-likeness (QED) is 0.707. The molecule has 1 aromatic rings. The molecule has 0 spiro atoms. The Morgan fingerprint density at radius 1 is 1.58 bits per heavy atom. The van der Waals surface area contributed by atoms with Crippen molar-refractivity contribution in [2.45, 2.75) is 26.2 Å². The highest BCUT2D eigenvalue weighted by atomic mass is 32.1. The molecule has 2 rings (SSSR count). The van der Waals surface area contributed by atoms with E-state index in [0.29, 0.717) is 0 Å². The van der Waals surface area contributed by atoms with E-state index in [4.69, 9.17) is 0 Å². The summed E-state index contributed by atoms with van der Waals surface area (Å²) in [6.45, 7) is 1.55. The Hall–Kier alpha value is -0.830. The minimum atomic E-state index is 0.0231. The number of aryl methyl sites for hydroxylation is 2. The number of carbonyl (C=O) groups is 1. The van der Waals surface area contributed by atoms with Gasteiger partial charge in [-0.3, -0.25) is 4.79 Å². The maximum atomic E-state index is 10.7. The number of hydrogen-bond donors (Lipinski definition) is 1. The molecule has 0 saturated heterocycles. The van der Waals surface area contributed by atoms with Gasteiger partial charge in [0, 0.05) is 11.8 Å².